The molecule has 71 heavy (non-hydrogen) atoms. The van der Waals surface area contributed by atoms with E-state index in [9.17, 15) is 55.1 Å². The standard InChI is InChI=1S/C51H46F6O14/c1-3-43(58)66-31-49(32-67-44(59)4-2,33-68-45(60)25-11-35-7-17-41(18-8-35)70-47(62)37-13-21-39(22-14-37)64-29-5-27-50(52,53)54)34-69-46(61)26-12-36-9-19-42(20-10-36)71-48(63)38-15-23-40(24-16-38)65-30-6-28-51(55,56)57/h3-4,7-26H,1-2,5-6,27-34H2. The SMILES string of the molecule is C=CC(=O)OCC(COC(=O)C=C)(COC(=O)C=Cc1ccc(OC(=O)c2ccc(OCCCC(F)(F)F)cc2)cc1)COC(=O)C=Cc1ccc(OC(=O)c2ccc(OCCCC(F)(F)F)cc2)cc1. The first-order chi connectivity index (χ1) is 33.7. The van der Waals surface area contributed by atoms with E-state index in [1.807, 2.05) is 0 Å². The Hall–Kier alpha value is -8.16. The van der Waals surface area contributed by atoms with Gasteiger partial charge in [-0.3, -0.25) is 0 Å². The molecule has 0 radical (unpaired) electrons. The van der Waals surface area contributed by atoms with E-state index < -0.39 is 92.9 Å². The molecule has 0 fully saturated rings. The van der Waals surface area contributed by atoms with Crippen LogP contribution in [0.1, 0.15) is 57.5 Å². The molecule has 0 heterocycles. The third-order valence-electron chi connectivity index (χ3n) is 9.35. The second kappa shape index (κ2) is 27.1. The third-order valence-corrected chi connectivity index (χ3v) is 9.35. The summed E-state index contributed by atoms with van der Waals surface area (Å²) in [6, 6.07) is 23.1. The van der Waals surface area contributed by atoms with Crippen molar-refractivity contribution in [3.05, 3.63) is 157 Å². The molecule has 20 heteroatoms. The highest BCUT2D eigenvalue weighted by Gasteiger charge is 2.37. The van der Waals surface area contributed by atoms with Crippen molar-refractivity contribution in [1.82, 2.24) is 0 Å². The molecule has 0 saturated heterocycles. The van der Waals surface area contributed by atoms with E-state index in [-0.39, 0.29) is 60.2 Å². The third kappa shape index (κ3) is 21.4. The maximum atomic E-state index is 12.9. The molecule has 4 aromatic rings. The van der Waals surface area contributed by atoms with Gasteiger partial charge in [-0.2, -0.15) is 26.3 Å². The van der Waals surface area contributed by atoms with E-state index in [1.54, 1.807) is 0 Å². The Bertz CT molecular complexity index is 2320. The molecule has 0 aliphatic heterocycles. The second-order valence-corrected chi connectivity index (χ2v) is 15.1. The van der Waals surface area contributed by atoms with Crippen LogP contribution in [-0.4, -0.2) is 87.8 Å². The number of rotatable bonds is 26. The highest BCUT2D eigenvalue weighted by molar-refractivity contribution is 5.92. The molecule has 0 amide bonds. The number of hydrogen-bond acceptors (Lipinski definition) is 14. The Morgan fingerprint density at radius 1 is 0.437 bits per heavy atom. The summed E-state index contributed by atoms with van der Waals surface area (Å²) in [6.07, 6.45) is -4.42. The normalized spacial score (nSPS) is 11.6. The van der Waals surface area contributed by atoms with E-state index in [4.69, 9.17) is 37.9 Å². The van der Waals surface area contributed by atoms with Gasteiger partial charge in [0.25, 0.3) is 0 Å². The van der Waals surface area contributed by atoms with Gasteiger partial charge in [0.1, 0.15) is 54.8 Å². The molecule has 4 rings (SSSR count). The molecule has 14 nitrogen and oxygen atoms in total. The maximum absolute atomic E-state index is 12.9. The van der Waals surface area contributed by atoms with Gasteiger partial charge in [-0.05, 0) is 109 Å². The van der Waals surface area contributed by atoms with Gasteiger partial charge in [0.15, 0.2) is 0 Å². The van der Waals surface area contributed by atoms with Crippen molar-refractivity contribution < 1.29 is 93.0 Å². The van der Waals surface area contributed by atoms with Gasteiger partial charge < -0.3 is 37.9 Å². The van der Waals surface area contributed by atoms with Gasteiger partial charge >= 0.3 is 48.2 Å². The molecular formula is C51H46F6O14. The minimum Gasteiger partial charge on any atom is -0.494 e. The molecular weight excluding hydrogens is 951 g/mol. The lowest BCUT2D eigenvalue weighted by atomic mass is 9.92. The summed E-state index contributed by atoms with van der Waals surface area (Å²) < 4.78 is 117. The Morgan fingerprint density at radius 3 is 1.06 bits per heavy atom. The summed E-state index contributed by atoms with van der Waals surface area (Å²) in [4.78, 5) is 75.3. The number of hydrogen-bond donors (Lipinski definition) is 0. The van der Waals surface area contributed by atoms with E-state index in [1.165, 1.54) is 109 Å². The van der Waals surface area contributed by atoms with Gasteiger partial charge in [0.05, 0.1) is 24.3 Å². The Kier molecular flexibility index (Phi) is 21.2. The minimum absolute atomic E-state index is 0.147. The van der Waals surface area contributed by atoms with Crippen molar-refractivity contribution in [2.75, 3.05) is 39.6 Å². The number of benzene rings is 4. The quantitative estimate of drug-likeness (QED) is 0.0145. The zero-order valence-electron chi connectivity index (χ0n) is 37.7. The van der Waals surface area contributed by atoms with Crippen LogP contribution in [0.15, 0.2) is 135 Å². The number of carbonyl (C=O) groups excluding carboxylic acids is 6. The molecule has 376 valence electrons. The fraction of sp³-hybridized carbons (Fsp3) is 0.255. The molecule has 0 atom stereocenters. The first kappa shape index (κ1) is 55.4. The van der Waals surface area contributed by atoms with Crippen LogP contribution < -0.4 is 18.9 Å². The van der Waals surface area contributed by atoms with Crippen LogP contribution in [0.4, 0.5) is 26.3 Å². The number of alkyl halides is 6. The van der Waals surface area contributed by atoms with E-state index in [2.05, 4.69) is 13.2 Å². The Labute approximate surface area is 403 Å². The van der Waals surface area contributed by atoms with Crippen LogP contribution >= 0.6 is 0 Å². The molecule has 0 aliphatic rings. The smallest absolute Gasteiger partial charge is 0.389 e. The van der Waals surface area contributed by atoms with Crippen molar-refractivity contribution >= 4 is 48.0 Å². The lowest BCUT2D eigenvalue weighted by Gasteiger charge is -2.31. The molecule has 0 aliphatic carbocycles. The fourth-order valence-electron chi connectivity index (χ4n) is 5.62. The van der Waals surface area contributed by atoms with Gasteiger partial charge in [-0.15, -0.1) is 0 Å². The zero-order chi connectivity index (χ0) is 51.9. The zero-order valence-corrected chi connectivity index (χ0v) is 37.7. The molecule has 0 saturated carbocycles. The maximum Gasteiger partial charge on any atom is 0.389 e. The van der Waals surface area contributed by atoms with Crippen LogP contribution in [0, 0.1) is 5.41 Å². The van der Waals surface area contributed by atoms with Crippen LogP contribution in [0.25, 0.3) is 12.2 Å². The van der Waals surface area contributed by atoms with E-state index >= 15 is 0 Å². The number of ether oxygens (including phenoxy) is 8. The average molecular weight is 997 g/mol. The van der Waals surface area contributed by atoms with Gasteiger partial charge in [0.2, 0.25) is 0 Å². The van der Waals surface area contributed by atoms with Crippen molar-refractivity contribution in [2.45, 2.75) is 38.0 Å². The summed E-state index contributed by atoms with van der Waals surface area (Å²) >= 11 is 0. The molecule has 0 N–H and O–H groups in total. The minimum atomic E-state index is -4.28. The summed E-state index contributed by atoms with van der Waals surface area (Å²) in [5, 5.41) is 0. The van der Waals surface area contributed by atoms with Gasteiger partial charge in [-0.25, -0.2) is 28.8 Å². The Balaban J connectivity index is 1.32. The van der Waals surface area contributed by atoms with E-state index in [0.717, 1.165) is 24.3 Å². The van der Waals surface area contributed by atoms with E-state index in [0.29, 0.717) is 11.1 Å². The molecule has 0 spiro atoms. The monoisotopic (exact) mass is 996 g/mol. The molecule has 4 aromatic carbocycles. The predicted molar refractivity (Wildman–Crippen MR) is 242 cm³/mol. The van der Waals surface area contributed by atoms with Crippen LogP contribution in [0.5, 0.6) is 23.0 Å². The van der Waals surface area contributed by atoms with Crippen molar-refractivity contribution in [1.29, 1.82) is 0 Å². The van der Waals surface area contributed by atoms with Crippen LogP contribution in [0.2, 0.25) is 0 Å². The average Bonchev–Trinajstić information content (AvgIpc) is 3.35. The predicted octanol–water partition coefficient (Wildman–Crippen LogP) is 9.83. The van der Waals surface area contributed by atoms with Gasteiger partial charge in [-0.1, -0.05) is 37.4 Å². The van der Waals surface area contributed by atoms with Crippen molar-refractivity contribution in [3.8, 4) is 23.0 Å². The summed E-state index contributed by atoms with van der Waals surface area (Å²) in [5.74, 6) is -4.20. The lowest BCUT2D eigenvalue weighted by molar-refractivity contribution is -0.164. The first-order valence-corrected chi connectivity index (χ1v) is 21.3. The van der Waals surface area contributed by atoms with Crippen molar-refractivity contribution in [2.24, 2.45) is 5.41 Å². The fourth-order valence-corrected chi connectivity index (χ4v) is 5.62. The number of halogens is 6. The van der Waals surface area contributed by atoms with Crippen LogP contribution in [0.3, 0.4) is 0 Å². The number of carbonyl (C=O) groups is 6. The summed E-state index contributed by atoms with van der Waals surface area (Å²) in [6.45, 7) is 3.99. The Morgan fingerprint density at radius 2 is 0.746 bits per heavy atom. The molecule has 0 bridgehead atoms. The topological polar surface area (TPSA) is 176 Å². The highest BCUT2D eigenvalue weighted by Crippen LogP contribution is 2.25. The van der Waals surface area contributed by atoms with Crippen LogP contribution in [-0.2, 0) is 38.1 Å². The molecule has 0 unspecified atom stereocenters. The second-order valence-electron chi connectivity index (χ2n) is 15.1. The van der Waals surface area contributed by atoms with Gasteiger partial charge in [0, 0.05) is 37.1 Å². The summed E-state index contributed by atoms with van der Waals surface area (Å²) in [7, 11) is 0. The first-order valence-electron chi connectivity index (χ1n) is 21.3. The summed E-state index contributed by atoms with van der Waals surface area (Å²) in [5.41, 5.74) is -0.413. The molecule has 0 aromatic heterocycles. The van der Waals surface area contributed by atoms with Crippen molar-refractivity contribution in [3.63, 3.8) is 0 Å². The highest BCUT2D eigenvalue weighted by atomic mass is 19.4. The largest absolute Gasteiger partial charge is 0.494 e. The lowest BCUT2D eigenvalue weighted by Crippen LogP contribution is -2.43. The number of esters is 6.